The van der Waals surface area contributed by atoms with Crippen LogP contribution in [0.1, 0.15) is 29.6 Å². The van der Waals surface area contributed by atoms with E-state index in [0.29, 0.717) is 18.7 Å². The molecule has 94 valence electrons. The van der Waals surface area contributed by atoms with Crippen LogP contribution >= 0.6 is 0 Å². The number of ether oxygens (including phenoxy) is 1. The zero-order valence-corrected chi connectivity index (χ0v) is 10.2. The van der Waals surface area contributed by atoms with Gasteiger partial charge in [0, 0.05) is 12.1 Å². The Kier molecular flexibility index (Phi) is 6.10. The lowest BCUT2D eigenvalue weighted by Gasteiger charge is -2.05. The van der Waals surface area contributed by atoms with Crippen molar-refractivity contribution in [1.82, 2.24) is 5.32 Å². The molecule has 17 heavy (non-hydrogen) atoms. The first kappa shape index (κ1) is 13.5. The van der Waals surface area contributed by atoms with Gasteiger partial charge in [0.1, 0.15) is 5.75 Å². The van der Waals surface area contributed by atoms with Crippen molar-refractivity contribution in [3.05, 3.63) is 29.8 Å². The Morgan fingerprint density at radius 3 is 2.53 bits per heavy atom. The molecule has 0 aromatic heterocycles. The van der Waals surface area contributed by atoms with Crippen LogP contribution in [0.2, 0.25) is 0 Å². The number of carbonyl (C=O) groups excluding carboxylic acids is 1. The zero-order valence-electron chi connectivity index (χ0n) is 10.2. The van der Waals surface area contributed by atoms with Gasteiger partial charge in [-0.3, -0.25) is 4.79 Å². The summed E-state index contributed by atoms with van der Waals surface area (Å²) in [5.74, 6) is 0.713. The van der Waals surface area contributed by atoms with Crippen LogP contribution in [0, 0.1) is 0 Å². The number of nitrogens with one attached hydrogen (secondary N) is 1. The van der Waals surface area contributed by atoms with Crippen LogP contribution in [0.4, 0.5) is 0 Å². The summed E-state index contributed by atoms with van der Waals surface area (Å²) in [4.78, 5) is 11.7. The van der Waals surface area contributed by atoms with Gasteiger partial charge >= 0.3 is 0 Å². The van der Waals surface area contributed by atoms with Crippen molar-refractivity contribution < 1.29 is 9.53 Å². The molecule has 1 aromatic carbocycles. The number of amides is 1. The first-order valence-electron chi connectivity index (χ1n) is 5.90. The van der Waals surface area contributed by atoms with E-state index in [1.807, 2.05) is 0 Å². The lowest BCUT2D eigenvalue weighted by Crippen LogP contribution is -2.24. The normalized spacial score (nSPS) is 10.0. The summed E-state index contributed by atoms with van der Waals surface area (Å²) in [5.41, 5.74) is 6.05. The lowest BCUT2D eigenvalue weighted by molar-refractivity contribution is 0.0953. The Balaban J connectivity index is 2.31. The molecular weight excluding hydrogens is 216 g/mol. The van der Waals surface area contributed by atoms with Crippen molar-refractivity contribution in [2.45, 2.75) is 19.3 Å². The Bertz CT molecular complexity index is 336. The van der Waals surface area contributed by atoms with Crippen LogP contribution in [0.5, 0.6) is 5.75 Å². The highest BCUT2D eigenvalue weighted by molar-refractivity contribution is 5.94. The number of unbranched alkanes of at least 4 members (excludes halogenated alkanes) is 2. The SMILES string of the molecule is COc1ccc(C(=O)NCCCCCN)cc1. The number of nitrogens with two attached hydrogens (primary N) is 1. The molecule has 0 heterocycles. The fourth-order valence-electron chi connectivity index (χ4n) is 1.49. The highest BCUT2D eigenvalue weighted by atomic mass is 16.5. The van der Waals surface area contributed by atoms with Crippen molar-refractivity contribution in [2.24, 2.45) is 5.73 Å². The molecule has 0 unspecified atom stereocenters. The minimum Gasteiger partial charge on any atom is -0.497 e. The van der Waals surface area contributed by atoms with Gasteiger partial charge in [-0.25, -0.2) is 0 Å². The minimum absolute atomic E-state index is 0.0413. The molecule has 0 saturated carbocycles. The van der Waals surface area contributed by atoms with Crippen molar-refractivity contribution >= 4 is 5.91 Å². The number of hydrogen-bond acceptors (Lipinski definition) is 3. The van der Waals surface area contributed by atoms with Gasteiger partial charge < -0.3 is 15.8 Å². The molecule has 1 aromatic rings. The predicted molar refractivity (Wildman–Crippen MR) is 68.2 cm³/mol. The van der Waals surface area contributed by atoms with Crippen LogP contribution in [0.25, 0.3) is 0 Å². The molecule has 1 amide bonds. The predicted octanol–water partition coefficient (Wildman–Crippen LogP) is 1.55. The second-order valence-corrected chi connectivity index (χ2v) is 3.83. The first-order valence-corrected chi connectivity index (χ1v) is 5.90. The van der Waals surface area contributed by atoms with E-state index < -0.39 is 0 Å². The topological polar surface area (TPSA) is 64.3 Å². The maximum absolute atomic E-state index is 11.7. The summed E-state index contributed by atoms with van der Waals surface area (Å²) in [6.07, 6.45) is 3.04. The smallest absolute Gasteiger partial charge is 0.251 e. The van der Waals surface area contributed by atoms with Gasteiger partial charge in [0.2, 0.25) is 0 Å². The molecule has 1 rings (SSSR count). The van der Waals surface area contributed by atoms with Crippen LogP contribution in [-0.2, 0) is 0 Å². The zero-order chi connectivity index (χ0) is 12.5. The minimum atomic E-state index is -0.0413. The van der Waals surface area contributed by atoms with Crippen molar-refractivity contribution in [3.8, 4) is 5.75 Å². The van der Waals surface area contributed by atoms with Gasteiger partial charge in [-0.1, -0.05) is 6.42 Å². The van der Waals surface area contributed by atoms with E-state index in [1.165, 1.54) is 0 Å². The van der Waals surface area contributed by atoms with Crippen LogP contribution in [0.3, 0.4) is 0 Å². The average molecular weight is 236 g/mol. The van der Waals surface area contributed by atoms with E-state index in [1.54, 1.807) is 31.4 Å². The third-order valence-electron chi connectivity index (χ3n) is 2.52. The van der Waals surface area contributed by atoms with Gasteiger partial charge in [0.05, 0.1) is 7.11 Å². The second kappa shape index (κ2) is 7.68. The maximum Gasteiger partial charge on any atom is 0.251 e. The molecule has 0 aliphatic heterocycles. The molecule has 0 saturated heterocycles. The van der Waals surface area contributed by atoms with E-state index in [0.717, 1.165) is 25.0 Å². The summed E-state index contributed by atoms with van der Waals surface area (Å²) in [6, 6.07) is 7.08. The van der Waals surface area contributed by atoms with E-state index in [9.17, 15) is 4.79 Å². The average Bonchev–Trinajstić information content (AvgIpc) is 2.38. The summed E-state index contributed by atoms with van der Waals surface area (Å²) < 4.78 is 5.03. The molecule has 0 atom stereocenters. The number of carbonyl (C=O) groups is 1. The number of methoxy groups -OCH3 is 1. The molecular formula is C13H20N2O2. The van der Waals surface area contributed by atoms with Crippen LogP contribution < -0.4 is 15.8 Å². The Hall–Kier alpha value is -1.55. The molecule has 0 spiro atoms. The number of rotatable bonds is 7. The van der Waals surface area contributed by atoms with Gasteiger partial charge in [-0.15, -0.1) is 0 Å². The molecule has 3 N–H and O–H groups in total. The summed E-state index contributed by atoms with van der Waals surface area (Å²) in [7, 11) is 1.60. The summed E-state index contributed by atoms with van der Waals surface area (Å²) in [5, 5.41) is 2.87. The van der Waals surface area contributed by atoms with Gasteiger partial charge in [0.15, 0.2) is 0 Å². The van der Waals surface area contributed by atoms with Crippen molar-refractivity contribution in [3.63, 3.8) is 0 Å². The number of hydrogen-bond donors (Lipinski definition) is 2. The summed E-state index contributed by atoms with van der Waals surface area (Å²) >= 11 is 0. The van der Waals surface area contributed by atoms with Gasteiger partial charge in [-0.05, 0) is 43.7 Å². The third kappa shape index (κ3) is 4.87. The first-order chi connectivity index (χ1) is 8.27. The highest BCUT2D eigenvalue weighted by Gasteiger charge is 2.04. The van der Waals surface area contributed by atoms with Crippen LogP contribution in [-0.4, -0.2) is 26.1 Å². The fraction of sp³-hybridized carbons (Fsp3) is 0.462. The van der Waals surface area contributed by atoms with E-state index >= 15 is 0 Å². The molecule has 4 nitrogen and oxygen atoms in total. The quantitative estimate of drug-likeness (QED) is 0.706. The van der Waals surface area contributed by atoms with Gasteiger partial charge in [-0.2, -0.15) is 0 Å². The Morgan fingerprint density at radius 1 is 1.24 bits per heavy atom. The van der Waals surface area contributed by atoms with Crippen molar-refractivity contribution in [1.29, 1.82) is 0 Å². The Morgan fingerprint density at radius 2 is 1.94 bits per heavy atom. The van der Waals surface area contributed by atoms with E-state index in [4.69, 9.17) is 10.5 Å². The molecule has 0 radical (unpaired) electrons. The Labute approximate surface area is 102 Å². The third-order valence-corrected chi connectivity index (χ3v) is 2.52. The summed E-state index contributed by atoms with van der Waals surface area (Å²) in [6.45, 7) is 1.41. The standard InChI is InChI=1S/C13H20N2O2/c1-17-12-7-5-11(6-8-12)13(16)15-10-4-2-3-9-14/h5-8H,2-4,9-10,14H2,1H3,(H,15,16). The largest absolute Gasteiger partial charge is 0.497 e. The molecule has 0 aliphatic carbocycles. The van der Waals surface area contributed by atoms with Gasteiger partial charge in [0.25, 0.3) is 5.91 Å². The molecule has 0 fully saturated rings. The fourth-order valence-corrected chi connectivity index (χ4v) is 1.49. The van der Waals surface area contributed by atoms with Crippen molar-refractivity contribution in [2.75, 3.05) is 20.2 Å². The molecule has 0 bridgehead atoms. The number of benzene rings is 1. The molecule has 0 aliphatic rings. The van der Waals surface area contributed by atoms with Crippen LogP contribution in [0.15, 0.2) is 24.3 Å². The van der Waals surface area contributed by atoms with E-state index in [-0.39, 0.29) is 5.91 Å². The molecule has 4 heteroatoms. The highest BCUT2D eigenvalue weighted by Crippen LogP contribution is 2.10. The lowest BCUT2D eigenvalue weighted by atomic mass is 10.2. The van der Waals surface area contributed by atoms with E-state index in [2.05, 4.69) is 5.32 Å². The second-order valence-electron chi connectivity index (χ2n) is 3.83. The monoisotopic (exact) mass is 236 g/mol. The maximum atomic E-state index is 11.7.